The summed E-state index contributed by atoms with van der Waals surface area (Å²) in [7, 11) is 0. The highest BCUT2D eigenvalue weighted by Gasteiger charge is 2.14. The maximum Gasteiger partial charge on any atom is 0.191 e. The molecule has 0 bridgehead atoms. The zero-order chi connectivity index (χ0) is 19.3. The number of ether oxygens (including phenoxy) is 3. The maximum absolute atomic E-state index is 13.9. The van der Waals surface area contributed by atoms with Crippen LogP contribution < -0.4 is 15.4 Å². The van der Waals surface area contributed by atoms with Crippen LogP contribution in [0, 0.1) is 5.82 Å². The first-order valence-corrected chi connectivity index (χ1v) is 9.85. The molecule has 160 valence electrons. The number of benzene rings is 1. The molecular weight excluding hydrogens is 476 g/mol. The lowest BCUT2D eigenvalue weighted by molar-refractivity contribution is 0.0168. The minimum absolute atomic E-state index is 0. The number of rotatable bonds is 11. The van der Waals surface area contributed by atoms with E-state index in [4.69, 9.17) is 14.2 Å². The fraction of sp³-hybridized carbons (Fsp3) is 0.650. The van der Waals surface area contributed by atoms with Crippen molar-refractivity contribution in [3.63, 3.8) is 0 Å². The molecule has 6 nitrogen and oxygen atoms in total. The van der Waals surface area contributed by atoms with E-state index in [2.05, 4.69) is 15.6 Å². The van der Waals surface area contributed by atoms with E-state index in [1.807, 2.05) is 19.9 Å². The van der Waals surface area contributed by atoms with Crippen molar-refractivity contribution in [2.75, 3.05) is 39.5 Å². The minimum Gasteiger partial charge on any atom is -0.491 e. The number of nitrogens with zero attached hydrogens (tertiary/aromatic N) is 1. The Hall–Kier alpha value is -1.13. The van der Waals surface area contributed by atoms with E-state index < -0.39 is 0 Å². The van der Waals surface area contributed by atoms with Gasteiger partial charge in [-0.25, -0.2) is 9.38 Å². The molecule has 1 atom stereocenters. The first kappa shape index (κ1) is 24.9. The largest absolute Gasteiger partial charge is 0.491 e. The summed E-state index contributed by atoms with van der Waals surface area (Å²) in [4.78, 5) is 4.51. The molecule has 1 fully saturated rings. The van der Waals surface area contributed by atoms with Gasteiger partial charge >= 0.3 is 0 Å². The van der Waals surface area contributed by atoms with E-state index in [-0.39, 0.29) is 41.6 Å². The molecule has 1 aliphatic rings. The van der Waals surface area contributed by atoms with Gasteiger partial charge in [-0.1, -0.05) is 6.07 Å². The molecule has 1 heterocycles. The van der Waals surface area contributed by atoms with Crippen molar-refractivity contribution in [1.29, 1.82) is 0 Å². The molecule has 0 amide bonds. The van der Waals surface area contributed by atoms with Crippen molar-refractivity contribution >= 4 is 29.9 Å². The van der Waals surface area contributed by atoms with Gasteiger partial charge in [0.15, 0.2) is 17.5 Å². The van der Waals surface area contributed by atoms with E-state index >= 15 is 0 Å². The zero-order valence-corrected chi connectivity index (χ0v) is 19.2. The number of hydrogen-bond acceptors (Lipinski definition) is 4. The minimum atomic E-state index is -0.356. The van der Waals surface area contributed by atoms with E-state index in [0.717, 1.165) is 44.5 Å². The Morgan fingerprint density at radius 1 is 1.32 bits per heavy atom. The number of halogens is 2. The van der Waals surface area contributed by atoms with E-state index in [0.29, 0.717) is 32.3 Å². The Labute approximate surface area is 184 Å². The molecule has 1 aliphatic heterocycles. The second kappa shape index (κ2) is 14.8. The second-order valence-electron chi connectivity index (χ2n) is 6.38. The first-order chi connectivity index (χ1) is 13.2. The summed E-state index contributed by atoms with van der Waals surface area (Å²) >= 11 is 0. The van der Waals surface area contributed by atoms with Gasteiger partial charge in [0, 0.05) is 26.3 Å². The smallest absolute Gasteiger partial charge is 0.191 e. The van der Waals surface area contributed by atoms with Crippen LogP contribution in [-0.4, -0.2) is 51.6 Å². The van der Waals surface area contributed by atoms with Crippen molar-refractivity contribution in [3.8, 4) is 5.75 Å². The van der Waals surface area contributed by atoms with Crippen LogP contribution in [0.25, 0.3) is 0 Å². The van der Waals surface area contributed by atoms with Crippen LogP contribution in [0.3, 0.4) is 0 Å². The Balaban J connectivity index is 0.00000392. The van der Waals surface area contributed by atoms with Crippen LogP contribution in [0.15, 0.2) is 23.2 Å². The van der Waals surface area contributed by atoms with Gasteiger partial charge in [0.05, 0.1) is 25.9 Å². The molecule has 2 N–H and O–H groups in total. The lowest BCUT2D eigenvalue weighted by Gasteiger charge is -2.13. The average Bonchev–Trinajstić information content (AvgIpc) is 3.18. The van der Waals surface area contributed by atoms with Gasteiger partial charge in [-0.15, -0.1) is 24.0 Å². The predicted octanol–water partition coefficient (Wildman–Crippen LogP) is 3.48. The normalized spacial score (nSPS) is 16.5. The highest BCUT2D eigenvalue weighted by atomic mass is 127. The topological polar surface area (TPSA) is 64.1 Å². The lowest BCUT2D eigenvalue weighted by Crippen LogP contribution is -2.38. The number of hydrogen-bond donors (Lipinski definition) is 2. The SMILES string of the molecule is CCNC(=NCc1ccc(OCC)c(F)c1)NCCCOCC1CCCO1.I. The molecule has 1 aromatic carbocycles. The Morgan fingerprint density at radius 2 is 2.18 bits per heavy atom. The molecule has 28 heavy (non-hydrogen) atoms. The third-order valence-electron chi connectivity index (χ3n) is 4.15. The van der Waals surface area contributed by atoms with Crippen LogP contribution in [0.4, 0.5) is 4.39 Å². The van der Waals surface area contributed by atoms with Crippen LogP contribution >= 0.6 is 24.0 Å². The fourth-order valence-corrected chi connectivity index (χ4v) is 2.80. The predicted molar refractivity (Wildman–Crippen MR) is 120 cm³/mol. The van der Waals surface area contributed by atoms with Gasteiger partial charge in [0.25, 0.3) is 0 Å². The summed E-state index contributed by atoms with van der Waals surface area (Å²) in [5, 5.41) is 6.47. The number of guanidine groups is 1. The van der Waals surface area contributed by atoms with Crippen LogP contribution in [0.2, 0.25) is 0 Å². The molecular formula is C20H33FIN3O3. The van der Waals surface area contributed by atoms with Crippen LogP contribution in [0.5, 0.6) is 5.75 Å². The number of aliphatic imine (C=N–C) groups is 1. The van der Waals surface area contributed by atoms with Gasteiger partial charge in [-0.2, -0.15) is 0 Å². The Bertz CT molecular complexity index is 584. The van der Waals surface area contributed by atoms with Crippen molar-refractivity contribution in [2.45, 2.75) is 45.8 Å². The monoisotopic (exact) mass is 509 g/mol. The maximum atomic E-state index is 13.9. The highest BCUT2D eigenvalue weighted by Crippen LogP contribution is 2.18. The fourth-order valence-electron chi connectivity index (χ4n) is 2.80. The summed E-state index contributed by atoms with van der Waals surface area (Å²) in [6, 6.07) is 4.95. The quantitative estimate of drug-likeness (QED) is 0.207. The summed E-state index contributed by atoms with van der Waals surface area (Å²) in [5.74, 6) is 0.634. The molecule has 0 saturated carbocycles. The molecule has 0 aliphatic carbocycles. The first-order valence-electron chi connectivity index (χ1n) is 9.85. The summed E-state index contributed by atoms with van der Waals surface area (Å²) in [6.45, 7) is 8.44. The van der Waals surface area contributed by atoms with Crippen molar-refractivity contribution in [2.24, 2.45) is 4.99 Å². The van der Waals surface area contributed by atoms with E-state index in [1.165, 1.54) is 6.07 Å². The van der Waals surface area contributed by atoms with Crippen molar-refractivity contribution in [1.82, 2.24) is 10.6 Å². The number of nitrogens with one attached hydrogen (secondary N) is 2. The third-order valence-corrected chi connectivity index (χ3v) is 4.15. The average molecular weight is 509 g/mol. The molecule has 8 heteroatoms. The van der Waals surface area contributed by atoms with E-state index in [1.54, 1.807) is 6.07 Å². The summed E-state index contributed by atoms with van der Waals surface area (Å²) < 4.78 is 30.3. The lowest BCUT2D eigenvalue weighted by atomic mass is 10.2. The van der Waals surface area contributed by atoms with Crippen molar-refractivity contribution in [3.05, 3.63) is 29.6 Å². The highest BCUT2D eigenvalue weighted by molar-refractivity contribution is 14.0. The zero-order valence-electron chi connectivity index (χ0n) is 16.8. The van der Waals surface area contributed by atoms with Gasteiger partial charge < -0.3 is 24.8 Å². The molecule has 2 rings (SSSR count). The van der Waals surface area contributed by atoms with Crippen LogP contribution in [0.1, 0.15) is 38.7 Å². The standard InChI is InChI=1S/C20H32FN3O3.HI/c1-3-22-20(23-10-6-11-25-15-17-7-5-12-27-17)24-14-16-8-9-19(26-4-2)18(21)13-16;/h8-9,13,17H,3-7,10-12,14-15H2,1-2H3,(H2,22,23,24);1H. The summed E-state index contributed by atoms with van der Waals surface area (Å²) in [6.07, 6.45) is 3.39. The van der Waals surface area contributed by atoms with Gasteiger partial charge in [-0.05, 0) is 50.8 Å². The van der Waals surface area contributed by atoms with Gasteiger partial charge in [0.1, 0.15) is 0 Å². The van der Waals surface area contributed by atoms with E-state index in [9.17, 15) is 4.39 Å². The van der Waals surface area contributed by atoms with Crippen molar-refractivity contribution < 1.29 is 18.6 Å². The summed E-state index contributed by atoms with van der Waals surface area (Å²) in [5.41, 5.74) is 0.799. The molecule has 1 aromatic rings. The Kier molecular flexibility index (Phi) is 13.2. The molecule has 1 unspecified atom stereocenters. The van der Waals surface area contributed by atoms with Gasteiger partial charge in [0.2, 0.25) is 0 Å². The third kappa shape index (κ3) is 9.38. The molecule has 1 saturated heterocycles. The van der Waals surface area contributed by atoms with Crippen LogP contribution in [-0.2, 0) is 16.0 Å². The molecule has 0 aromatic heterocycles. The second-order valence-corrected chi connectivity index (χ2v) is 6.38. The molecule has 0 radical (unpaired) electrons. The Morgan fingerprint density at radius 3 is 2.86 bits per heavy atom. The van der Waals surface area contributed by atoms with Gasteiger partial charge in [-0.3, -0.25) is 0 Å². The molecule has 0 spiro atoms.